The molecule has 5 rings (SSSR count). The van der Waals surface area contributed by atoms with Gasteiger partial charge in [-0.3, -0.25) is 0 Å². The minimum Gasteiger partial charge on any atom is -0.315 e. The number of nitriles is 1. The first-order valence-corrected chi connectivity index (χ1v) is 10.4. The molecule has 1 fully saturated rings. The Morgan fingerprint density at radius 2 is 2.27 bits per heavy atom. The molecule has 1 atom stereocenters. The van der Waals surface area contributed by atoms with E-state index in [2.05, 4.69) is 31.8 Å². The van der Waals surface area contributed by atoms with Gasteiger partial charge in [0.25, 0.3) is 0 Å². The molecule has 150 valence electrons. The lowest BCUT2D eigenvalue weighted by Gasteiger charge is -2.22. The zero-order valence-corrected chi connectivity index (χ0v) is 16.7. The normalized spacial score (nSPS) is 16.6. The van der Waals surface area contributed by atoms with Crippen LogP contribution in [0.15, 0.2) is 52.9 Å². The molecule has 1 aliphatic heterocycles. The van der Waals surface area contributed by atoms with Crippen LogP contribution in [0.2, 0.25) is 0 Å². The van der Waals surface area contributed by atoms with Gasteiger partial charge in [0, 0.05) is 29.4 Å². The van der Waals surface area contributed by atoms with E-state index in [9.17, 15) is 9.65 Å². The van der Waals surface area contributed by atoms with Gasteiger partial charge in [0.2, 0.25) is 0 Å². The summed E-state index contributed by atoms with van der Waals surface area (Å²) in [5.41, 5.74) is 2.50. The van der Waals surface area contributed by atoms with Crippen LogP contribution < -0.4 is 5.32 Å². The maximum atomic E-state index is 14.2. The largest absolute Gasteiger partial charge is 0.315 e. The van der Waals surface area contributed by atoms with Gasteiger partial charge in [0.05, 0.1) is 29.5 Å². The second-order valence-electron chi connectivity index (χ2n) is 7.03. The molecule has 4 aromatic rings. The molecule has 1 saturated heterocycles. The highest BCUT2D eigenvalue weighted by molar-refractivity contribution is 7.99. The third kappa shape index (κ3) is 3.42. The molecule has 0 bridgehead atoms. The number of aromatic nitrogens is 6. The predicted octanol–water partition coefficient (Wildman–Crippen LogP) is 3.07. The van der Waals surface area contributed by atoms with Gasteiger partial charge in [-0.2, -0.15) is 10.4 Å². The lowest BCUT2D eigenvalue weighted by Crippen LogP contribution is -2.31. The van der Waals surface area contributed by atoms with Gasteiger partial charge in [0.1, 0.15) is 16.8 Å². The number of hydrogen-bond acceptors (Lipinski definition) is 7. The minimum atomic E-state index is -0.417. The van der Waals surface area contributed by atoms with Gasteiger partial charge < -0.3 is 5.32 Å². The Kier molecular flexibility index (Phi) is 4.90. The van der Waals surface area contributed by atoms with Crippen molar-refractivity contribution >= 4 is 17.3 Å². The molecule has 0 amide bonds. The lowest BCUT2D eigenvalue weighted by atomic mass is 10.1. The number of nitrogens with zero attached hydrogens (tertiary/aromatic N) is 7. The van der Waals surface area contributed by atoms with Crippen LogP contribution in [-0.4, -0.2) is 42.7 Å². The topological polar surface area (TPSA) is 96.7 Å². The van der Waals surface area contributed by atoms with Crippen molar-refractivity contribution in [3.05, 3.63) is 54.4 Å². The van der Waals surface area contributed by atoms with Crippen LogP contribution >= 0.6 is 11.8 Å². The van der Waals surface area contributed by atoms with Crippen molar-refractivity contribution in [1.82, 2.24) is 34.9 Å². The van der Waals surface area contributed by atoms with Crippen LogP contribution in [0, 0.1) is 17.1 Å². The Hall–Kier alpha value is -3.29. The molecule has 0 unspecified atom stereocenters. The van der Waals surface area contributed by atoms with Gasteiger partial charge in [-0.25, -0.2) is 18.6 Å². The molecule has 5 heterocycles. The zero-order valence-electron chi connectivity index (χ0n) is 15.9. The zero-order chi connectivity index (χ0) is 20.5. The van der Waals surface area contributed by atoms with Gasteiger partial charge in [-0.15, -0.1) is 5.10 Å². The fraction of sp³-hybridized carbons (Fsp3) is 0.250. The molecule has 0 spiro atoms. The summed E-state index contributed by atoms with van der Waals surface area (Å²) in [4.78, 5) is 4.80. The highest BCUT2D eigenvalue weighted by Crippen LogP contribution is 2.35. The number of pyridine rings is 2. The summed E-state index contributed by atoms with van der Waals surface area (Å²) in [5, 5.41) is 26.0. The SMILES string of the molecule is N#Cc1cnn2cc(-c3cn([C@H]4CCCNC4)nn3)cc(Sc3ncccc3F)c12. The molecule has 1 aliphatic rings. The number of fused-ring (bicyclic) bond motifs is 1. The number of nitrogens with one attached hydrogen (secondary N) is 1. The summed E-state index contributed by atoms with van der Waals surface area (Å²) in [6.07, 6.45) is 8.93. The fourth-order valence-electron chi connectivity index (χ4n) is 3.58. The Morgan fingerprint density at radius 3 is 3.07 bits per heavy atom. The van der Waals surface area contributed by atoms with E-state index in [1.807, 2.05) is 23.1 Å². The average Bonchev–Trinajstić information content (AvgIpc) is 3.43. The van der Waals surface area contributed by atoms with E-state index in [1.54, 1.807) is 10.6 Å². The first-order valence-electron chi connectivity index (χ1n) is 9.55. The van der Waals surface area contributed by atoms with Gasteiger partial charge in [0.15, 0.2) is 5.82 Å². The predicted molar refractivity (Wildman–Crippen MR) is 108 cm³/mol. The number of hydrogen-bond donors (Lipinski definition) is 1. The molecular formula is C20H17FN8S. The lowest BCUT2D eigenvalue weighted by molar-refractivity contribution is 0.341. The minimum absolute atomic E-state index is 0.235. The first-order chi connectivity index (χ1) is 14.7. The van der Waals surface area contributed by atoms with Crippen molar-refractivity contribution in [2.75, 3.05) is 13.1 Å². The van der Waals surface area contributed by atoms with E-state index in [0.29, 0.717) is 21.7 Å². The quantitative estimate of drug-likeness (QED) is 0.542. The van der Waals surface area contributed by atoms with Crippen LogP contribution in [0.4, 0.5) is 4.39 Å². The summed E-state index contributed by atoms with van der Waals surface area (Å²) < 4.78 is 17.7. The van der Waals surface area contributed by atoms with E-state index >= 15 is 0 Å². The van der Waals surface area contributed by atoms with Crippen molar-refractivity contribution in [2.45, 2.75) is 28.8 Å². The van der Waals surface area contributed by atoms with E-state index in [1.165, 1.54) is 18.5 Å². The molecule has 10 heteroatoms. The van der Waals surface area contributed by atoms with Crippen molar-refractivity contribution < 1.29 is 4.39 Å². The van der Waals surface area contributed by atoms with Gasteiger partial charge >= 0.3 is 0 Å². The molecule has 0 saturated carbocycles. The van der Waals surface area contributed by atoms with Crippen molar-refractivity contribution in [3.8, 4) is 17.3 Å². The number of rotatable bonds is 4. The molecule has 0 aromatic carbocycles. The summed E-state index contributed by atoms with van der Waals surface area (Å²) >= 11 is 1.16. The second-order valence-corrected chi connectivity index (χ2v) is 8.06. The van der Waals surface area contributed by atoms with Crippen molar-refractivity contribution in [2.24, 2.45) is 0 Å². The number of halogens is 1. The molecule has 4 aromatic heterocycles. The monoisotopic (exact) mass is 420 g/mol. The average molecular weight is 420 g/mol. The highest BCUT2D eigenvalue weighted by atomic mass is 32.2. The van der Waals surface area contributed by atoms with Crippen molar-refractivity contribution in [3.63, 3.8) is 0 Å². The molecular weight excluding hydrogens is 403 g/mol. The Bertz CT molecular complexity index is 1250. The number of piperidine rings is 1. The molecule has 1 N–H and O–H groups in total. The highest BCUT2D eigenvalue weighted by Gasteiger charge is 2.19. The van der Waals surface area contributed by atoms with E-state index < -0.39 is 5.82 Å². The second kappa shape index (κ2) is 7.85. The molecule has 8 nitrogen and oxygen atoms in total. The molecule has 0 radical (unpaired) electrons. The van der Waals surface area contributed by atoms with Crippen LogP contribution in [0.25, 0.3) is 16.8 Å². The Morgan fingerprint density at radius 1 is 1.33 bits per heavy atom. The maximum Gasteiger partial charge on any atom is 0.155 e. The van der Waals surface area contributed by atoms with Crippen molar-refractivity contribution in [1.29, 1.82) is 5.26 Å². The van der Waals surface area contributed by atoms with E-state index in [4.69, 9.17) is 0 Å². The first kappa shape index (κ1) is 18.7. The third-order valence-corrected chi connectivity index (χ3v) is 6.10. The molecule has 0 aliphatic carbocycles. The summed E-state index contributed by atoms with van der Waals surface area (Å²) in [5.74, 6) is -0.417. The van der Waals surface area contributed by atoms with Crippen LogP contribution in [0.5, 0.6) is 0 Å². The van der Waals surface area contributed by atoms with Gasteiger partial charge in [-0.1, -0.05) is 17.0 Å². The summed E-state index contributed by atoms with van der Waals surface area (Å²) in [6, 6.07) is 7.21. The standard InChI is InChI=1S/C20H17FN8S/c21-16-4-2-6-24-20(16)30-18-7-13(11-29-19(18)14(8-22)9-25-29)17-12-28(27-26-17)15-3-1-5-23-10-15/h2,4,6-7,9,11-12,15,23H,1,3,5,10H2/t15-/m0/s1. The summed E-state index contributed by atoms with van der Waals surface area (Å²) in [6.45, 7) is 1.90. The van der Waals surface area contributed by atoms with E-state index in [-0.39, 0.29) is 11.1 Å². The Balaban J connectivity index is 1.58. The molecule has 30 heavy (non-hydrogen) atoms. The smallest absolute Gasteiger partial charge is 0.155 e. The third-order valence-electron chi connectivity index (χ3n) is 5.08. The Labute approximate surface area is 175 Å². The van der Waals surface area contributed by atoms with Crippen LogP contribution in [0.3, 0.4) is 0 Å². The van der Waals surface area contributed by atoms with Crippen LogP contribution in [-0.2, 0) is 0 Å². The maximum absolute atomic E-state index is 14.2. The van der Waals surface area contributed by atoms with E-state index in [0.717, 1.165) is 43.3 Å². The van der Waals surface area contributed by atoms with Gasteiger partial charge in [-0.05, 0) is 37.6 Å². The summed E-state index contributed by atoms with van der Waals surface area (Å²) in [7, 11) is 0. The van der Waals surface area contributed by atoms with Crippen LogP contribution in [0.1, 0.15) is 24.4 Å². The fourth-order valence-corrected chi connectivity index (χ4v) is 4.55.